The number of nitrogens with zero attached hydrogens (tertiary/aromatic N) is 4. The van der Waals surface area contributed by atoms with Gasteiger partial charge in [-0.3, -0.25) is 4.57 Å². The molecular formula is C17H18N4O4. The van der Waals surface area contributed by atoms with E-state index in [0.717, 1.165) is 11.3 Å². The van der Waals surface area contributed by atoms with Gasteiger partial charge in [0.1, 0.15) is 35.6 Å². The first-order valence-corrected chi connectivity index (χ1v) is 7.97. The van der Waals surface area contributed by atoms with E-state index >= 15 is 0 Å². The van der Waals surface area contributed by atoms with Crippen LogP contribution in [0.4, 0.5) is 0 Å². The molecule has 1 fully saturated rings. The van der Waals surface area contributed by atoms with Crippen molar-refractivity contribution in [3.63, 3.8) is 0 Å². The predicted octanol–water partition coefficient (Wildman–Crippen LogP) is 1.14. The second kappa shape index (κ2) is 6.40. The SMILES string of the molecule is COc1ccc(-c2ncnc3c2ncn3[C@H]2C[C@H](O)[C@@H](CO)O2)cc1. The van der Waals surface area contributed by atoms with Crippen molar-refractivity contribution in [1.29, 1.82) is 0 Å². The molecule has 1 aliphatic rings. The average molecular weight is 342 g/mol. The van der Waals surface area contributed by atoms with Crippen molar-refractivity contribution < 1.29 is 19.7 Å². The van der Waals surface area contributed by atoms with Crippen LogP contribution < -0.4 is 4.74 Å². The zero-order valence-corrected chi connectivity index (χ0v) is 13.6. The molecule has 0 unspecified atom stereocenters. The molecule has 0 amide bonds. The van der Waals surface area contributed by atoms with E-state index in [2.05, 4.69) is 15.0 Å². The summed E-state index contributed by atoms with van der Waals surface area (Å²) in [4.78, 5) is 13.1. The molecule has 8 heteroatoms. The molecule has 0 spiro atoms. The molecule has 25 heavy (non-hydrogen) atoms. The van der Waals surface area contributed by atoms with E-state index in [0.29, 0.717) is 23.3 Å². The van der Waals surface area contributed by atoms with Crippen LogP contribution in [-0.4, -0.2) is 55.7 Å². The highest BCUT2D eigenvalue weighted by atomic mass is 16.5. The van der Waals surface area contributed by atoms with Gasteiger partial charge in [0, 0.05) is 12.0 Å². The molecule has 2 aromatic heterocycles. The molecule has 1 aromatic carbocycles. The van der Waals surface area contributed by atoms with Crippen LogP contribution in [0.3, 0.4) is 0 Å². The maximum Gasteiger partial charge on any atom is 0.165 e. The van der Waals surface area contributed by atoms with Crippen LogP contribution >= 0.6 is 0 Å². The molecule has 2 N–H and O–H groups in total. The second-order valence-electron chi connectivity index (χ2n) is 5.89. The average Bonchev–Trinajstić information content (AvgIpc) is 3.24. The van der Waals surface area contributed by atoms with Gasteiger partial charge in [0.15, 0.2) is 5.65 Å². The van der Waals surface area contributed by atoms with Crippen LogP contribution in [0.1, 0.15) is 12.6 Å². The quantitative estimate of drug-likeness (QED) is 0.733. The topological polar surface area (TPSA) is 103 Å². The zero-order chi connectivity index (χ0) is 17.4. The van der Waals surface area contributed by atoms with Crippen molar-refractivity contribution in [3.8, 4) is 17.0 Å². The summed E-state index contributed by atoms with van der Waals surface area (Å²) in [6.45, 7) is -0.226. The lowest BCUT2D eigenvalue weighted by Crippen LogP contribution is -2.24. The Morgan fingerprint density at radius 1 is 1.24 bits per heavy atom. The van der Waals surface area contributed by atoms with E-state index in [1.807, 2.05) is 24.3 Å². The summed E-state index contributed by atoms with van der Waals surface area (Å²) in [5.41, 5.74) is 2.89. The minimum absolute atomic E-state index is 0.226. The Morgan fingerprint density at radius 2 is 2.04 bits per heavy atom. The summed E-state index contributed by atoms with van der Waals surface area (Å²) in [7, 11) is 1.62. The predicted molar refractivity (Wildman–Crippen MR) is 88.9 cm³/mol. The third-order valence-electron chi connectivity index (χ3n) is 4.42. The Balaban J connectivity index is 1.73. The van der Waals surface area contributed by atoms with Crippen molar-refractivity contribution in [2.45, 2.75) is 24.9 Å². The maximum atomic E-state index is 9.95. The van der Waals surface area contributed by atoms with E-state index < -0.39 is 18.4 Å². The van der Waals surface area contributed by atoms with Gasteiger partial charge < -0.3 is 19.7 Å². The molecule has 1 saturated heterocycles. The number of fused-ring (bicyclic) bond motifs is 1. The van der Waals surface area contributed by atoms with Gasteiger partial charge in [-0.2, -0.15) is 0 Å². The number of hydrogen-bond donors (Lipinski definition) is 2. The summed E-state index contributed by atoms with van der Waals surface area (Å²) in [5, 5.41) is 19.2. The van der Waals surface area contributed by atoms with Gasteiger partial charge in [0.05, 0.1) is 26.1 Å². The van der Waals surface area contributed by atoms with Crippen molar-refractivity contribution >= 4 is 11.2 Å². The lowest BCUT2D eigenvalue weighted by atomic mass is 10.1. The van der Waals surface area contributed by atoms with E-state index in [9.17, 15) is 10.2 Å². The fraction of sp³-hybridized carbons (Fsp3) is 0.353. The number of aliphatic hydroxyl groups is 2. The Morgan fingerprint density at radius 3 is 2.72 bits per heavy atom. The van der Waals surface area contributed by atoms with Crippen molar-refractivity contribution in [1.82, 2.24) is 19.5 Å². The van der Waals surface area contributed by atoms with Crippen LogP contribution in [0.25, 0.3) is 22.4 Å². The Labute approximate surface area is 143 Å². The van der Waals surface area contributed by atoms with Gasteiger partial charge in [0.25, 0.3) is 0 Å². The van der Waals surface area contributed by atoms with Crippen LogP contribution in [0.2, 0.25) is 0 Å². The van der Waals surface area contributed by atoms with Crippen LogP contribution in [0.5, 0.6) is 5.75 Å². The van der Waals surface area contributed by atoms with E-state index in [-0.39, 0.29) is 6.61 Å². The second-order valence-corrected chi connectivity index (χ2v) is 5.89. The maximum absolute atomic E-state index is 9.95. The smallest absolute Gasteiger partial charge is 0.165 e. The van der Waals surface area contributed by atoms with Crippen LogP contribution in [0.15, 0.2) is 36.9 Å². The minimum Gasteiger partial charge on any atom is -0.497 e. The lowest BCUT2D eigenvalue weighted by Gasteiger charge is -2.13. The highest BCUT2D eigenvalue weighted by molar-refractivity contribution is 5.87. The number of rotatable bonds is 4. The molecule has 1 aliphatic heterocycles. The molecule has 0 saturated carbocycles. The van der Waals surface area contributed by atoms with Gasteiger partial charge in [-0.15, -0.1) is 0 Å². The fourth-order valence-electron chi connectivity index (χ4n) is 3.07. The van der Waals surface area contributed by atoms with E-state index in [1.54, 1.807) is 18.0 Å². The lowest BCUT2D eigenvalue weighted by molar-refractivity contribution is -0.0432. The van der Waals surface area contributed by atoms with Gasteiger partial charge in [-0.05, 0) is 24.3 Å². The molecule has 0 bridgehead atoms. The zero-order valence-electron chi connectivity index (χ0n) is 13.6. The first-order valence-electron chi connectivity index (χ1n) is 7.97. The summed E-state index contributed by atoms with van der Waals surface area (Å²) in [5.74, 6) is 0.767. The number of aliphatic hydroxyl groups excluding tert-OH is 2. The standard InChI is InChI=1S/C17H18N4O4/c1-24-11-4-2-10(3-5-11)15-16-17(19-8-18-15)21(9-20-16)14-6-12(23)13(7-22)25-14/h2-5,8-9,12-14,22-23H,6-7H2,1H3/t12-,13+,14+/m0/s1. The highest BCUT2D eigenvalue weighted by Gasteiger charge is 2.35. The summed E-state index contributed by atoms with van der Waals surface area (Å²) < 4.78 is 12.6. The summed E-state index contributed by atoms with van der Waals surface area (Å²) >= 11 is 0. The molecule has 0 radical (unpaired) electrons. The largest absolute Gasteiger partial charge is 0.497 e. The van der Waals surface area contributed by atoms with Gasteiger partial charge in [0.2, 0.25) is 0 Å². The molecular weight excluding hydrogens is 324 g/mol. The van der Waals surface area contributed by atoms with Crippen molar-refractivity contribution in [3.05, 3.63) is 36.9 Å². The number of benzene rings is 1. The first-order chi connectivity index (χ1) is 12.2. The highest BCUT2D eigenvalue weighted by Crippen LogP contribution is 2.32. The number of aromatic nitrogens is 4. The fourth-order valence-corrected chi connectivity index (χ4v) is 3.07. The normalized spacial score (nSPS) is 23.2. The van der Waals surface area contributed by atoms with Crippen molar-refractivity contribution in [2.75, 3.05) is 13.7 Å². The Bertz CT molecular complexity index is 880. The monoisotopic (exact) mass is 342 g/mol. The molecule has 0 aliphatic carbocycles. The minimum atomic E-state index is -0.713. The molecule has 130 valence electrons. The number of methoxy groups -OCH3 is 1. The third kappa shape index (κ3) is 2.74. The van der Waals surface area contributed by atoms with Crippen LogP contribution in [-0.2, 0) is 4.74 Å². The third-order valence-corrected chi connectivity index (χ3v) is 4.42. The van der Waals surface area contributed by atoms with Gasteiger partial charge in [-0.1, -0.05) is 0 Å². The van der Waals surface area contributed by atoms with Crippen LogP contribution in [0, 0.1) is 0 Å². The first kappa shape index (κ1) is 15.9. The Kier molecular flexibility index (Phi) is 4.08. The van der Waals surface area contributed by atoms with Crippen molar-refractivity contribution in [2.24, 2.45) is 0 Å². The van der Waals surface area contributed by atoms with Gasteiger partial charge >= 0.3 is 0 Å². The summed E-state index contributed by atoms with van der Waals surface area (Å²) in [6.07, 6.45) is 1.76. The van der Waals surface area contributed by atoms with E-state index in [4.69, 9.17) is 9.47 Å². The number of imidazole rings is 1. The number of hydrogen-bond acceptors (Lipinski definition) is 7. The molecule has 4 rings (SSSR count). The van der Waals surface area contributed by atoms with Gasteiger partial charge in [-0.25, -0.2) is 15.0 Å². The molecule has 3 aromatic rings. The van der Waals surface area contributed by atoms with E-state index in [1.165, 1.54) is 6.33 Å². The molecule has 3 heterocycles. The summed E-state index contributed by atoms with van der Waals surface area (Å²) in [6, 6.07) is 7.56. The molecule has 8 nitrogen and oxygen atoms in total. The molecule has 3 atom stereocenters. The Hall–Kier alpha value is -2.55. The number of ether oxygens (including phenoxy) is 2.